The van der Waals surface area contributed by atoms with Crippen molar-refractivity contribution in [1.29, 1.82) is 0 Å². The van der Waals surface area contributed by atoms with Gasteiger partial charge >= 0.3 is 5.63 Å². The van der Waals surface area contributed by atoms with Crippen molar-refractivity contribution in [2.45, 2.75) is 27.2 Å². The lowest BCUT2D eigenvalue weighted by Crippen LogP contribution is -2.20. The minimum atomic E-state index is -0.512. The van der Waals surface area contributed by atoms with E-state index in [1.807, 2.05) is 57.2 Å². The third-order valence-electron chi connectivity index (χ3n) is 5.72. The molecule has 6 nitrogen and oxygen atoms in total. The highest BCUT2D eigenvalue weighted by atomic mass is 16.4. The number of pyridine rings is 1. The number of carbonyl (C=O) groups excluding carboxylic acids is 1. The van der Waals surface area contributed by atoms with Gasteiger partial charge in [0.05, 0.1) is 34.8 Å². The van der Waals surface area contributed by atoms with E-state index in [0.717, 1.165) is 32.8 Å². The number of nitrogens with one attached hydrogen (secondary N) is 1. The number of rotatable bonds is 3. The van der Waals surface area contributed by atoms with Gasteiger partial charge in [-0.25, -0.2) is 4.79 Å². The quantitative estimate of drug-likeness (QED) is 0.412. The lowest BCUT2D eigenvalue weighted by atomic mass is 9.98. The van der Waals surface area contributed by atoms with E-state index < -0.39 is 5.63 Å². The lowest BCUT2D eigenvalue weighted by molar-refractivity contribution is -0.115. The molecule has 0 aliphatic rings. The maximum atomic E-state index is 12.9. The van der Waals surface area contributed by atoms with Crippen molar-refractivity contribution in [3.63, 3.8) is 0 Å². The van der Waals surface area contributed by atoms with Gasteiger partial charge < -0.3 is 14.2 Å². The molecule has 0 unspecified atom stereocenters. The molecule has 3 aromatic heterocycles. The van der Waals surface area contributed by atoms with Crippen LogP contribution >= 0.6 is 0 Å². The third-order valence-corrected chi connectivity index (χ3v) is 5.72. The second-order valence-corrected chi connectivity index (χ2v) is 7.78. The Kier molecular flexibility index (Phi) is 4.36. The van der Waals surface area contributed by atoms with Crippen LogP contribution in [0.3, 0.4) is 0 Å². The van der Waals surface area contributed by atoms with Crippen molar-refractivity contribution in [1.82, 2.24) is 4.98 Å². The highest BCUT2D eigenvalue weighted by Crippen LogP contribution is 2.34. The molecule has 0 saturated carbocycles. The molecule has 0 spiro atoms. The summed E-state index contributed by atoms with van der Waals surface area (Å²) in [6.07, 6.45) is 3.30. The number of benzene rings is 2. The normalized spacial score (nSPS) is 11.5. The molecule has 0 aliphatic heterocycles. The highest BCUT2D eigenvalue weighted by molar-refractivity contribution is 6.07. The summed E-state index contributed by atoms with van der Waals surface area (Å²) in [5.74, 6) is -0.301. The van der Waals surface area contributed by atoms with E-state index in [1.165, 1.54) is 0 Å². The molecule has 2 aromatic carbocycles. The molecule has 0 aliphatic carbocycles. The maximum absolute atomic E-state index is 12.9. The molecule has 3 heterocycles. The minimum Gasteiger partial charge on any atom is -0.463 e. The van der Waals surface area contributed by atoms with Crippen molar-refractivity contribution < 1.29 is 13.6 Å². The molecular weight excluding hydrogens is 392 g/mol. The first kappa shape index (κ1) is 19.1. The maximum Gasteiger partial charge on any atom is 0.340 e. The summed E-state index contributed by atoms with van der Waals surface area (Å²) in [4.78, 5) is 29.9. The fourth-order valence-electron chi connectivity index (χ4n) is 4.24. The molecule has 0 bridgehead atoms. The van der Waals surface area contributed by atoms with Crippen molar-refractivity contribution in [2.75, 3.05) is 5.32 Å². The topological polar surface area (TPSA) is 85.3 Å². The summed E-state index contributed by atoms with van der Waals surface area (Å²) in [5, 5.41) is 5.47. The SMILES string of the molecule is Cc1coc2c1c(C)cc1oc(=O)c(CC(=O)Nc3cccc4ncccc34)c(C)c12. The number of amides is 1. The Balaban J connectivity index is 1.57. The Morgan fingerprint density at radius 2 is 1.90 bits per heavy atom. The number of carbonyl (C=O) groups is 1. The lowest BCUT2D eigenvalue weighted by Gasteiger charge is -2.11. The van der Waals surface area contributed by atoms with Crippen LogP contribution in [0.25, 0.3) is 32.8 Å². The van der Waals surface area contributed by atoms with E-state index in [9.17, 15) is 9.59 Å². The molecule has 0 atom stereocenters. The molecule has 154 valence electrons. The van der Waals surface area contributed by atoms with Gasteiger partial charge in [-0.3, -0.25) is 9.78 Å². The second kappa shape index (κ2) is 7.09. The number of aryl methyl sites for hydroxylation is 3. The van der Waals surface area contributed by atoms with E-state index in [-0.39, 0.29) is 12.3 Å². The van der Waals surface area contributed by atoms with Crippen molar-refractivity contribution in [3.05, 3.63) is 81.5 Å². The Morgan fingerprint density at radius 3 is 2.74 bits per heavy atom. The van der Waals surface area contributed by atoms with Gasteiger partial charge in [0.15, 0.2) is 0 Å². The van der Waals surface area contributed by atoms with Crippen LogP contribution in [0, 0.1) is 20.8 Å². The van der Waals surface area contributed by atoms with Crippen LogP contribution in [0.15, 0.2) is 62.5 Å². The fraction of sp³-hybridized carbons (Fsp3) is 0.160. The van der Waals surface area contributed by atoms with E-state index >= 15 is 0 Å². The van der Waals surface area contributed by atoms with Crippen LogP contribution < -0.4 is 10.9 Å². The van der Waals surface area contributed by atoms with Crippen LogP contribution in [-0.2, 0) is 11.2 Å². The average molecular weight is 412 g/mol. The number of aromatic nitrogens is 1. The summed E-state index contributed by atoms with van der Waals surface area (Å²) < 4.78 is 11.4. The Labute approximate surface area is 177 Å². The summed E-state index contributed by atoms with van der Waals surface area (Å²) in [5.41, 5.74) is 5.08. The number of fused-ring (bicyclic) bond motifs is 4. The van der Waals surface area contributed by atoms with Crippen molar-refractivity contribution >= 4 is 44.4 Å². The van der Waals surface area contributed by atoms with Crippen LogP contribution in [0.4, 0.5) is 5.69 Å². The largest absolute Gasteiger partial charge is 0.463 e. The monoisotopic (exact) mass is 412 g/mol. The summed E-state index contributed by atoms with van der Waals surface area (Å²) in [7, 11) is 0. The zero-order chi connectivity index (χ0) is 21.7. The molecular formula is C25H20N2O4. The molecule has 6 heteroatoms. The molecule has 31 heavy (non-hydrogen) atoms. The van der Waals surface area contributed by atoms with Gasteiger partial charge in [-0.05, 0) is 67.8 Å². The minimum absolute atomic E-state index is 0.101. The van der Waals surface area contributed by atoms with E-state index in [0.29, 0.717) is 28.0 Å². The third kappa shape index (κ3) is 3.08. The smallest absolute Gasteiger partial charge is 0.340 e. The number of furan rings is 1. The van der Waals surface area contributed by atoms with E-state index in [1.54, 1.807) is 12.5 Å². The highest BCUT2D eigenvalue weighted by Gasteiger charge is 2.20. The van der Waals surface area contributed by atoms with Gasteiger partial charge in [0.25, 0.3) is 0 Å². The van der Waals surface area contributed by atoms with Crippen LogP contribution in [0.5, 0.6) is 0 Å². The number of nitrogens with zero attached hydrogens (tertiary/aromatic N) is 1. The van der Waals surface area contributed by atoms with Crippen molar-refractivity contribution in [2.24, 2.45) is 0 Å². The molecule has 1 N–H and O–H groups in total. The molecule has 0 saturated heterocycles. The fourth-order valence-corrected chi connectivity index (χ4v) is 4.24. The van der Waals surface area contributed by atoms with Crippen molar-refractivity contribution in [3.8, 4) is 0 Å². The standard InChI is InChI=1S/C25H20N2O4/c1-13-10-20-23(24-22(13)14(2)12-30-24)15(3)17(25(29)31-20)11-21(28)27-19-8-4-7-18-16(19)6-5-9-26-18/h4-10,12H,11H2,1-3H3,(H,27,28). The Morgan fingerprint density at radius 1 is 1.06 bits per heavy atom. The Hall–Kier alpha value is -3.93. The summed E-state index contributed by atoms with van der Waals surface area (Å²) in [6.45, 7) is 5.77. The molecule has 0 fully saturated rings. The second-order valence-electron chi connectivity index (χ2n) is 7.78. The number of hydrogen-bond acceptors (Lipinski definition) is 5. The summed E-state index contributed by atoms with van der Waals surface area (Å²) in [6, 6.07) is 11.1. The predicted octanol–water partition coefficient (Wildman–Crippen LogP) is 5.19. The van der Waals surface area contributed by atoms with Crippen LogP contribution in [-0.4, -0.2) is 10.9 Å². The zero-order valence-corrected chi connectivity index (χ0v) is 17.4. The number of anilines is 1. The first-order valence-electron chi connectivity index (χ1n) is 10.0. The molecule has 5 aromatic rings. The zero-order valence-electron chi connectivity index (χ0n) is 17.4. The summed E-state index contributed by atoms with van der Waals surface area (Å²) >= 11 is 0. The first-order valence-corrected chi connectivity index (χ1v) is 10.0. The van der Waals surface area contributed by atoms with Gasteiger partial charge in [0.2, 0.25) is 5.91 Å². The Bertz CT molecular complexity index is 1550. The molecule has 5 rings (SSSR count). The van der Waals surface area contributed by atoms with Gasteiger partial charge in [-0.15, -0.1) is 0 Å². The molecule has 0 radical (unpaired) electrons. The van der Waals surface area contributed by atoms with Crippen LogP contribution in [0.2, 0.25) is 0 Å². The van der Waals surface area contributed by atoms with Crippen LogP contribution in [0.1, 0.15) is 22.3 Å². The van der Waals surface area contributed by atoms with Gasteiger partial charge in [-0.1, -0.05) is 6.07 Å². The predicted molar refractivity (Wildman–Crippen MR) is 121 cm³/mol. The van der Waals surface area contributed by atoms with Gasteiger partial charge in [-0.2, -0.15) is 0 Å². The first-order chi connectivity index (χ1) is 14.9. The average Bonchev–Trinajstić information content (AvgIpc) is 3.13. The number of hydrogen-bond donors (Lipinski definition) is 1. The van der Waals surface area contributed by atoms with Gasteiger partial charge in [0, 0.05) is 17.0 Å². The van der Waals surface area contributed by atoms with E-state index in [4.69, 9.17) is 8.83 Å². The van der Waals surface area contributed by atoms with E-state index in [2.05, 4.69) is 10.3 Å². The molecule has 1 amide bonds. The van der Waals surface area contributed by atoms with Gasteiger partial charge in [0.1, 0.15) is 11.2 Å².